The zero-order chi connectivity index (χ0) is 8.43. The fraction of sp³-hybridized carbons (Fsp3) is 0.333. The number of aryl methyl sites for hydroxylation is 1. The standard InChI is InChI=1S/C6H7IN2OS/c1-4-5(7)3-8-6(9-4)11(2)10/h3H,1-2H3. The first-order valence-corrected chi connectivity index (χ1v) is 5.57. The number of halogens is 1. The van der Waals surface area contributed by atoms with Gasteiger partial charge in [-0.2, -0.15) is 0 Å². The summed E-state index contributed by atoms with van der Waals surface area (Å²) in [5.41, 5.74) is 0.880. The van der Waals surface area contributed by atoms with Gasteiger partial charge in [-0.15, -0.1) is 0 Å². The number of nitrogens with zero attached hydrogens (tertiary/aromatic N) is 2. The molecule has 0 aliphatic heterocycles. The van der Waals surface area contributed by atoms with Crippen LogP contribution in [0.4, 0.5) is 0 Å². The maximum absolute atomic E-state index is 10.9. The molecule has 11 heavy (non-hydrogen) atoms. The fourth-order valence-corrected chi connectivity index (χ4v) is 1.30. The molecule has 0 N–H and O–H groups in total. The summed E-state index contributed by atoms with van der Waals surface area (Å²) in [6.07, 6.45) is 3.25. The van der Waals surface area contributed by atoms with E-state index >= 15 is 0 Å². The first kappa shape index (κ1) is 9.05. The number of hydrogen-bond donors (Lipinski definition) is 0. The first-order chi connectivity index (χ1) is 5.11. The molecule has 0 radical (unpaired) electrons. The van der Waals surface area contributed by atoms with E-state index in [9.17, 15) is 4.21 Å². The fourth-order valence-electron chi connectivity index (χ4n) is 0.570. The van der Waals surface area contributed by atoms with Crippen LogP contribution in [0.25, 0.3) is 0 Å². The van der Waals surface area contributed by atoms with Gasteiger partial charge in [0.05, 0.1) is 20.1 Å². The molecule has 0 amide bonds. The van der Waals surface area contributed by atoms with Crippen molar-refractivity contribution in [2.75, 3.05) is 6.26 Å². The summed E-state index contributed by atoms with van der Waals surface area (Å²) < 4.78 is 11.9. The minimum absolute atomic E-state index is 0.405. The highest BCUT2D eigenvalue weighted by molar-refractivity contribution is 14.1. The van der Waals surface area contributed by atoms with Gasteiger partial charge in [-0.05, 0) is 29.5 Å². The van der Waals surface area contributed by atoms with Crippen molar-refractivity contribution in [2.45, 2.75) is 12.1 Å². The van der Waals surface area contributed by atoms with E-state index in [0.29, 0.717) is 5.16 Å². The van der Waals surface area contributed by atoms with Gasteiger partial charge in [0.1, 0.15) is 0 Å². The molecule has 60 valence electrons. The molecule has 1 heterocycles. The summed E-state index contributed by atoms with van der Waals surface area (Å²) in [5, 5.41) is 0.405. The zero-order valence-electron chi connectivity index (χ0n) is 6.17. The Morgan fingerprint density at radius 3 is 2.73 bits per heavy atom. The molecule has 0 aliphatic rings. The van der Waals surface area contributed by atoms with Crippen LogP contribution >= 0.6 is 22.6 Å². The third-order valence-corrected chi connectivity index (χ3v) is 2.92. The van der Waals surface area contributed by atoms with Crippen molar-refractivity contribution in [3.63, 3.8) is 0 Å². The lowest BCUT2D eigenvalue weighted by Crippen LogP contribution is -1.99. The third kappa shape index (κ3) is 2.19. The van der Waals surface area contributed by atoms with Crippen LogP contribution in [0.1, 0.15) is 5.69 Å². The van der Waals surface area contributed by atoms with E-state index in [1.54, 1.807) is 12.5 Å². The quantitative estimate of drug-likeness (QED) is 0.573. The Hall–Kier alpha value is -0.0400. The van der Waals surface area contributed by atoms with Crippen LogP contribution in [0.5, 0.6) is 0 Å². The highest BCUT2D eigenvalue weighted by Gasteiger charge is 2.02. The Kier molecular flexibility index (Phi) is 2.94. The van der Waals surface area contributed by atoms with Gasteiger partial charge in [-0.1, -0.05) is 0 Å². The van der Waals surface area contributed by atoms with Crippen molar-refractivity contribution < 1.29 is 4.21 Å². The normalized spacial score (nSPS) is 13.0. The van der Waals surface area contributed by atoms with Crippen LogP contribution in [0, 0.1) is 10.5 Å². The second kappa shape index (κ2) is 3.57. The Morgan fingerprint density at radius 2 is 2.27 bits per heavy atom. The smallest absolute Gasteiger partial charge is 0.218 e. The lowest BCUT2D eigenvalue weighted by Gasteiger charge is -1.97. The molecular formula is C6H7IN2OS. The average molecular weight is 282 g/mol. The number of hydrogen-bond acceptors (Lipinski definition) is 3. The molecule has 1 rings (SSSR count). The predicted octanol–water partition coefficient (Wildman–Crippen LogP) is 1.13. The van der Waals surface area contributed by atoms with Crippen molar-refractivity contribution in [3.8, 4) is 0 Å². The Labute approximate surface area is 81.2 Å². The van der Waals surface area contributed by atoms with Crippen molar-refractivity contribution in [2.24, 2.45) is 0 Å². The molecule has 0 saturated carbocycles. The Bertz CT molecular complexity index is 303. The topological polar surface area (TPSA) is 42.9 Å². The van der Waals surface area contributed by atoms with Crippen LogP contribution in [0.3, 0.4) is 0 Å². The van der Waals surface area contributed by atoms with Crippen molar-refractivity contribution in [1.29, 1.82) is 0 Å². The summed E-state index contributed by atoms with van der Waals surface area (Å²) in [5.74, 6) is 0. The van der Waals surface area contributed by atoms with Gasteiger partial charge in [-0.25, -0.2) is 9.97 Å². The first-order valence-electron chi connectivity index (χ1n) is 2.94. The van der Waals surface area contributed by atoms with E-state index in [1.807, 2.05) is 6.92 Å². The monoisotopic (exact) mass is 282 g/mol. The van der Waals surface area contributed by atoms with E-state index in [-0.39, 0.29) is 0 Å². The molecule has 0 fully saturated rings. The van der Waals surface area contributed by atoms with Gasteiger partial charge < -0.3 is 0 Å². The van der Waals surface area contributed by atoms with Gasteiger partial charge >= 0.3 is 0 Å². The average Bonchev–Trinajstić information content (AvgIpc) is 1.94. The minimum atomic E-state index is -1.07. The Morgan fingerprint density at radius 1 is 1.64 bits per heavy atom. The van der Waals surface area contributed by atoms with Crippen LogP contribution in [0.15, 0.2) is 11.4 Å². The van der Waals surface area contributed by atoms with E-state index in [4.69, 9.17) is 0 Å². The maximum atomic E-state index is 10.9. The lowest BCUT2D eigenvalue weighted by atomic mass is 10.5. The summed E-state index contributed by atoms with van der Waals surface area (Å²) in [6.45, 7) is 1.87. The second-order valence-corrected chi connectivity index (χ2v) is 4.48. The highest BCUT2D eigenvalue weighted by Crippen LogP contribution is 2.07. The predicted molar refractivity (Wildman–Crippen MR) is 51.8 cm³/mol. The van der Waals surface area contributed by atoms with Gasteiger partial charge in [0.15, 0.2) is 0 Å². The van der Waals surface area contributed by atoms with E-state index in [1.165, 1.54) is 0 Å². The minimum Gasteiger partial charge on any atom is -0.251 e. The van der Waals surface area contributed by atoms with Gasteiger partial charge in [-0.3, -0.25) is 4.21 Å². The van der Waals surface area contributed by atoms with Crippen molar-refractivity contribution in [1.82, 2.24) is 9.97 Å². The van der Waals surface area contributed by atoms with E-state index in [0.717, 1.165) is 9.26 Å². The van der Waals surface area contributed by atoms with E-state index in [2.05, 4.69) is 32.6 Å². The highest BCUT2D eigenvalue weighted by atomic mass is 127. The van der Waals surface area contributed by atoms with Crippen LogP contribution in [0.2, 0.25) is 0 Å². The van der Waals surface area contributed by atoms with Gasteiger partial charge in [0, 0.05) is 12.5 Å². The third-order valence-electron chi connectivity index (χ3n) is 1.15. The number of rotatable bonds is 1. The Balaban J connectivity index is 3.15. The maximum Gasteiger partial charge on any atom is 0.218 e. The second-order valence-electron chi connectivity index (χ2n) is 2.04. The lowest BCUT2D eigenvalue weighted by molar-refractivity contribution is 0.678. The van der Waals surface area contributed by atoms with Gasteiger partial charge in [0.25, 0.3) is 0 Å². The van der Waals surface area contributed by atoms with E-state index < -0.39 is 10.8 Å². The molecule has 0 aliphatic carbocycles. The number of aromatic nitrogens is 2. The molecule has 1 unspecified atom stereocenters. The molecule has 0 spiro atoms. The molecule has 1 atom stereocenters. The van der Waals surface area contributed by atoms with Crippen LogP contribution in [-0.2, 0) is 10.8 Å². The molecule has 1 aromatic rings. The van der Waals surface area contributed by atoms with Crippen LogP contribution < -0.4 is 0 Å². The summed E-state index contributed by atoms with van der Waals surface area (Å²) >= 11 is 2.14. The zero-order valence-corrected chi connectivity index (χ0v) is 9.14. The molecule has 0 saturated heterocycles. The molecule has 1 aromatic heterocycles. The largest absolute Gasteiger partial charge is 0.251 e. The summed E-state index contributed by atoms with van der Waals surface area (Å²) in [6, 6.07) is 0. The summed E-state index contributed by atoms with van der Waals surface area (Å²) in [7, 11) is -1.07. The molecule has 0 bridgehead atoms. The van der Waals surface area contributed by atoms with Gasteiger partial charge in [0.2, 0.25) is 5.16 Å². The van der Waals surface area contributed by atoms with Crippen molar-refractivity contribution in [3.05, 3.63) is 15.5 Å². The molecular weight excluding hydrogens is 275 g/mol. The summed E-state index contributed by atoms with van der Waals surface area (Å²) in [4.78, 5) is 7.97. The molecule has 3 nitrogen and oxygen atoms in total. The molecule has 5 heteroatoms. The molecule has 0 aromatic carbocycles. The van der Waals surface area contributed by atoms with Crippen LogP contribution in [-0.4, -0.2) is 20.4 Å². The van der Waals surface area contributed by atoms with Crippen molar-refractivity contribution >= 4 is 33.4 Å². The SMILES string of the molecule is Cc1nc(S(C)=O)ncc1I.